The SMILES string of the molecule is COC(=O)C[C@H]1C[C@H]2c3[nH]c4ccccc4c3CCN2C/C1=C/COCc1ccccc1. The lowest BCUT2D eigenvalue weighted by molar-refractivity contribution is -0.141. The number of rotatable bonds is 6. The molecule has 0 spiro atoms. The highest BCUT2D eigenvalue weighted by Crippen LogP contribution is 2.43. The average molecular weight is 431 g/mol. The molecule has 0 aliphatic carbocycles. The van der Waals surface area contributed by atoms with Gasteiger partial charge in [0.1, 0.15) is 0 Å². The number of methoxy groups -OCH3 is 1. The molecule has 0 amide bonds. The van der Waals surface area contributed by atoms with E-state index < -0.39 is 0 Å². The Kier molecular flexibility index (Phi) is 6.10. The van der Waals surface area contributed by atoms with Crippen LogP contribution in [0.3, 0.4) is 0 Å². The number of para-hydroxylation sites is 1. The van der Waals surface area contributed by atoms with Crippen LogP contribution in [0.15, 0.2) is 66.2 Å². The fraction of sp³-hybridized carbons (Fsp3) is 0.370. The summed E-state index contributed by atoms with van der Waals surface area (Å²) in [5, 5.41) is 1.34. The zero-order valence-electron chi connectivity index (χ0n) is 18.5. The van der Waals surface area contributed by atoms with Crippen LogP contribution in [0.1, 0.15) is 35.7 Å². The maximum absolute atomic E-state index is 12.2. The molecule has 2 aliphatic rings. The number of aromatic nitrogens is 1. The molecule has 3 aromatic rings. The lowest BCUT2D eigenvalue weighted by Gasteiger charge is -2.43. The maximum atomic E-state index is 12.2. The molecule has 0 radical (unpaired) electrons. The molecule has 2 aromatic carbocycles. The van der Waals surface area contributed by atoms with E-state index in [1.807, 2.05) is 18.2 Å². The topological polar surface area (TPSA) is 54.6 Å². The van der Waals surface area contributed by atoms with Crippen LogP contribution in [-0.2, 0) is 27.3 Å². The van der Waals surface area contributed by atoms with Gasteiger partial charge in [0, 0.05) is 29.7 Å². The molecular formula is C27H30N2O3. The standard InChI is InChI=1S/C27H30N2O3/c1-31-26(30)16-21-15-25-27-23(22-9-5-6-10-24(22)28-27)11-13-29(25)17-20(21)12-14-32-18-19-7-3-2-4-8-19/h2-10,12,21,25,28H,11,13-18H2,1H3/b20-12-/t21-,25+/m1/s1. The molecule has 1 N–H and O–H groups in total. The van der Waals surface area contributed by atoms with E-state index in [1.165, 1.54) is 40.4 Å². The van der Waals surface area contributed by atoms with Gasteiger partial charge >= 0.3 is 5.97 Å². The number of nitrogens with one attached hydrogen (secondary N) is 1. The van der Waals surface area contributed by atoms with Crippen molar-refractivity contribution in [2.45, 2.75) is 31.9 Å². The Morgan fingerprint density at radius 3 is 2.81 bits per heavy atom. The van der Waals surface area contributed by atoms with Gasteiger partial charge in [-0.25, -0.2) is 0 Å². The van der Waals surface area contributed by atoms with E-state index in [1.54, 1.807) is 0 Å². The minimum atomic E-state index is -0.146. The van der Waals surface area contributed by atoms with Crippen LogP contribution in [0.4, 0.5) is 0 Å². The quantitative estimate of drug-likeness (QED) is 0.347. The summed E-state index contributed by atoms with van der Waals surface area (Å²) in [6.45, 7) is 3.05. The maximum Gasteiger partial charge on any atom is 0.306 e. The second-order valence-corrected chi connectivity index (χ2v) is 8.79. The number of piperidine rings is 1. The summed E-state index contributed by atoms with van der Waals surface area (Å²) in [6, 6.07) is 19.1. The van der Waals surface area contributed by atoms with Crippen LogP contribution in [0, 0.1) is 5.92 Å². The first-order valence-corrected chi connectivity index (χ1v) is 11.4. The summed E-state index contributed by atoms with van der Waals surface area (Å²) in [6.07, 6.45) is 4.57. The summed E-state index contributed by atoms with van der Waals surface area (Å²) in [5.41, 5.74) is 6.44. The van der Waals surface area contributed by atoms with E-state index in [0.29, 0.717) is 25.7 Å². The van der Waals surface area contributed by atoms with Gasteiger partial charge in [0.15, 0.2) is 0 Å². The van der Waals surface area contributed by atoms with Gasteiger partial charge in [-0.15, -0.1) is 0 Å². The van der Waals surface area contributed by atoms with Crippen molar-refractivity contribution in [3.63, 3.8) is 0 Å². The van der Waals surface area contributed by atoms with Gasteiger partial charge in [-0.2, -0.15) is 0 Å². The Bertz CT molecular complexity index is 1120. The number of carbonyl (C=O) groups is 1. The predicted octanol–water partition coefficient (Wildman–Crippen LogP) is 4.79. The molecule has 0 saturated carbocycles. The minimum absolute atomic E-state index is 0.146. The molecular weight excluding hydrogens is 400 g/mol. The monoisotopic (exact) mass is 430 g/mol. The third kappa shape index (κ3) is 4.23. The number of ether oxygens (including phenoxy) is 2. The molecule has 166 valence electrons. The zero-order valence-corrected chi connectivity index (χ0v) is 18.5. The predicted molar refractivity (Wildman–Crippen MR) is 125 cm³/mol. The van der Waals surface area contributed by atoms with Crippen molar-refractivity contribution in [3.05, 3.63) is 83.1 Å². The number of esters is 1. The number of benzene rings is 2. The van der Waals surface area contributed by atoms with Gasteiger partial charge in [-0.05, 0) is 36.0 Å². The summed E-state index contributed by atoms with van der Waals surface area (Å²) >= 11 is 0. The lowest BCUT2D eigenvalue weighted by Crippen LogP contribution is -2.43. The molecule has 1 aromatic heterocycles. The minimum Gasteiger partial charge on any atom is -0.469 e. The zero-order chi connectivity index (χ0) is 21.9. The van der Waals surface area contributed by atoms with Crippen LogP contribution in [0.2, 0.25) is 0 Å². The van der Waals surface area contributed by atoms with E-state index in [2.05, 4.69) is 52.4 Å². The van der Waals surface area contributed by atoms with E-state index in [4.69, 9.17) is 9.47 Å². The molecule has 5 rings (SSSR count). The van der Waals surface area contributed by atoms with Crippen molar-refractivity contribution in [2.24, 2.45) is 5.92 Å². The number of H-pyrrole nitrogens is 1. The van der Waals surface area contributed by atoms with Gasteiger partial charge in [0.2, 0.25) is 0 Å². The Hall–Kier alpha value is -2.89. The molecule has 0 bridgehead atoms. The molecule has 2 atom stereocenters. The van der Waals surface area contributed by atoms with Crippen LogP contribution in [0.5, 0.6) is 0 Å². The van der Waals surface area contributed by atoms with Crippen LogP contribution in [0.25, 0.3) is 10.9 Å². The van der Waals surface area contributed by atoms with E-state index in [0.717, 1.165) is 25.9 Å². The summed E-state index contributed by atoms with van der Waals surface area (Å²) < 4.78 is 10.9. The van der Waals surface area contributed by atoms with Crippen molar-refractivity contribution in [3.8, 4) is 0 Å². The second-order valence-electron chi connectivity index (χ2n) is 8.79. The van der Waals surface area contributed by atoms with E-state index >= 15 is 0 Å². The highest BCUT2D eigenvalue weighted by molar-refractivity contribution is 5.85. The average Bonchev–Trinajstić information content (AvgIpc) is 3.22. The highest BCUT2D eigenvalue weighted by Gasteiger charge is 2.38. The van der Waals surface area contributed by atoms with Gasteiger partial charge in [0.25, 0.3) is 0 Å². The van der Waals surface area contributed by atoms with Gasteiger partial charge < -0.3 is 14.5 Å². The Morgan fingerprint density at radius 1 is 1.16 bits per heavy atom. The van der Waals surface area contributed by atoms with E-state index in [9.17, 15) is 4.79 Å². The highest BCUT2D eigenvalue weighted by atomic mass is 16.5. The first-order valence-electron chi connectivity index (χ1n) is 11.4. The van der Waals surface area contributed by atoms with Crippen LogP contribution in [-0.4, -0.2) is 42.7 Å². The summed E-state index contributed by atoms with van der Waals surface area (Å²) in [7, 11) is 1.47. The molecule has 2 aliphatic heterocycles. The second kappa shape index (κ2) is 9.31. The Morgan fingerprint density at radius 2 is 1.97 bits per heavy atom. The molecule has 0 unspecified atom stereocenters. The molecule has 1 saturated heterocycles. The first-order chi connectivity index (χ1) is 15.7. The third-order valence-electron chi connectivity index (χ3n) is 6.90. The molecule has 5 heteroatoms. The number of aromatic amines is 1. The fourth-order valence-electron chi connectivity index (χ4n) is 5.26. The third-order valence-corrected chi connectivity index (χ3v) is 6.90. The van der Waals surface area contributed by atoms with Crippen molar-refractivity contribution in [1.29, 1.82) is 0 Å². The number of fused-ring (bicyclic) bond motifs is 5. The van der Waals surface area contributed by atoms with Crippen LogP contribution >= 0.6 is 0 Å². The number of carbonyl (C=O) groups excluding carboxylic acids is 1. The fourth-order valence-corrected chi connectivity index (χ4v) is 5.26. The lowest BCUT2D eigenvalue weighted by atomic mass is 9.80. The molecule has 3 heterocycles. The molecule has 32 heavy (non-hydrogen) atoms. The first kappa shape index (κ1) is 21.0. The summed E-state index contributed by atoms with van der Waals surface area (Å²) in [4.78, 5) is 18.4. The van der Waals surface area contributed by atoms with Crippen LogP contribution < -0.4 is 0 Å². The summed E-state index contributed by atoms with van der Waals surface area (Å²) in [5.74, 6) is 0.0219. The Labute approximate surface area is 189 Å². The van der Waals surface area contributed by atoms with Crippen molar-refractivity contribution < 1.29 is 14.3 Å². The van der Waals surface area contributed by atoms with Crippen molar-refractivity contribution in [2.75, 3.05) is 26.8 Å². The number of hydrogen-bond acceptors (Lipinski definition) is 4. The number of hydrogen-bond donors (Lipinski definition) is 1. The number of nitrogens with zero attached hydrogens (tertiary/aromatic N) is 1. The Balaban J connectivity index is 1.34. The molecule has 5 nitrogen and oxygen atoms in total. The normalized spacial score (nSPS) is 22.0. The van der Waals surface area contributed by atoms with Gasteiger partial charge in [-0.3, -0.25) is 9.69 Å². The largest absolute Gasteiger partial charge is 0.469 e. The van der Waals surface area contributed by atoms with Gasteiger partial charge in [0.05, 0.1) is 32.8 Å². The molecule has 1 fully saturated rings. The smallest absolute Gasteiger partial charge is 0.306 e. The van der Waals surface area contributed by atoms with Crippen molar-refractivity contribution >= 4 is 16.9 Å². The van der Waals surface area contributed by atoms with E-state index in [-0.39, 0.29) is 11.9 Å². The van der Waals surface area contributed by atoms with Crippen molar-refractivity contribution in [1.82, 2.24) is 9.88 Å². The van der Waals surface area contributed by atoms with Gasteiger partial charge in [-0.1, -0.05) is 60.2 Å².